The van der Waals surface area contributed by atoms with E-state index in [-0.39, 0.29) is 11.6 Å². The lowest BCUT2D eigenvalue weighted by Crippen LogP contribution is -2.07. The Bertz CT molecular complexity index is 1100. The third kappa shape index (κ3) is 3.26. The normalized spacial score (nSPS) is 16.1. The van der Waals surface area contributed by atoms with Crippen LogP contribution in [0, 0.1) is 11.6 Å². The quantitative estimate of drug-likeness (QED) is 0.699. The lowest BCUT2D eigenvalue weighted by molar-refractivity contribution is 0.627. The van der Waals surface area contributed by atoms with Crippen molar-refractivity contribution in [1.29, 1.82) is 0 Å². The van der Waals surface area contributed by atoms with E-state index in [4.69, 9.17) is 0 Å². The van der Waals surface area contributed by atoms with Crippen molar-refractivity contribution in [2.24, 2.45) is 7.05 Å². The Balaban J connectivity index is 1.49. The minimum atomic E-state index is -0.376. The maximum absolute atomic E-state index is 14.9. The monoisotopic (exact) mass is 405 g/mol. The standard InChI is InChI=1S/C23H21F2N5/c1-30-22(18-4-2-14(10-20(18)24)16-6-8-26-12-16)28-29-23(30)19-5-3-15(11-21(19)25)17-7-9-27-13-17/h2-7,10-11,26-27H,8-9,12-13H2,1H3. The van der Waals surface area contributed by atoms with Gasteiger partial charge in [0, 0.05) is 33.2 Å². The molecule has 2 aliphatic heterocycles. The zero-order valence-electron chi connectivity index (χ0n) is 16.5. The van der Waals surface area contributed by atoms with E-state index in [1.165, 1.54) is 12.1 Å². The van der Waals surface area contributed by atoms with Crippen LogP contribution in [0.15, 0.2) is 48.6 Å². The summed E-state index contributed by atoms with van der Waals surface area (Å²) in [6.45, 7) is 3.05. The minimum absolute atomic E-state index is 0.339. The fourth-order valence-corrected chi connectivity index (χ4v) is 3.98. The second kappa shape index (κ2) is 7.59. The highest BCUT2D eigenvalue weighted by Crippen LogP contribution is 2.30. The van der Waals surface area contributed by atoms with Crippen LogP contribution < -0.4 is 10.6 Å². The molecule has 5 rings (SSSR count). The molecule has 2 aliphatic rings. The van der Waals surface area contributed by atoms with Crippen molar-refractivity contribution in [3.05, 3.63) is 71.3 Å². The van der Waals surface area contributed by atoms with Gasteiger partial charge in [0.05, 0.1) is 11.1 Å². The molecule has 0 atom stereocenters. The van der Waals surface area contributed by atoms with Gasteiger partial charge in [-0.25, -0.2) is 8.78 Å². The summed E-state index contributed by atoms with van der Waals surface area (Å²) in [5.41, 5.74) is 4.53. The van der Waals surface area contributed by atoms with Gasteiger partial charge in [0.25, 0.3) is 0 Å². The number of hydrogen-bond donors (Lipinski definition) is 2. The summed E-state index contributed by atoms with van der Waals surface area (Å²) >= 11 is 0. The molecule has 1 aromatic heterocycles. The molecule has 0 aliphatic carbocycles. The number of hydrogen-bond acceptors (Lipinski definition) is 4. The Labute approximate surface area is 173 Å². The summed E-state index contributed by atoms with van der Waals surface area (Å²) in [4.78, 5) is 0. The molecule has 0 unspecified atom stereocenters. The summed E-state index contributed by atoms with van der Waals surface area (Å²) in [5, 5.41) is 14.7. The van der Waals surface area contributed by atoms with Crippen molar-refractivity contribution >= 4 is 11.1 Å². The molecule has 5 nitrogen and oxygen atoms in total. The van der Waals surface area contributed by atoms with Crippen LogP contribution in [-0.4, -0.2) is 40.9 Å². The highest BCUT2D eigenvalue weighted by atomic mass is 19.1. The summed E-state index contributed by atoms with van der Waals surface area (Å²) in [5.74, 6) is -0.0322. The number of nitrogens with one attached hydrogen (secondary N) is 2. The van der Waals surface area contributed by atoms with Gasteiger partial charge < -0.3 is 15.2 Å². The van der Waals surface area contributed by atoms with Crippen molar-refractivity contribution in [2.75, 3.05) is 26.2 Å². The Morgan fingerprint density at radius 2 is 1.23 bits per heavy atom. The van der Waals surface area contributed by atoms with Crippen LogP contribution in [0.4, 0.5) is 8.78 Å². The van der Waals surface area contributed by atoms with Gasteiger partial charge in [-0.1, -0.05) is 24.3 Å². The van der Waals surface area contributed by atoms with E-state index >= 15 is 0 Å². The Kier molecular flexibility index (Phi) is 4.77. The molecule has 0 spiro atoms. The molecule has 2 N–H and O–H groups in total. The molecule has 0 saturated heterocycles. The van der Waals surface area contributed by atoms with E-state index < -0.39 is 0 Å². The van der Waals surface area contributed by atoms with Gasteiger partial charge >= 0.3 is 0 Å². The third-order valence-electron chi connectivity index (χ3n) is 5.65. The van der Waals surface area contributed by atoms with E-state index in [2.05, 4.69) is 33.0 Å². The summed E-state index contributed by atoms with van der Waals surface area (Å²) < 4.78 is 31.4. The third-order valence-corrected chi connectivity index (χ3v) is 5.65. The van der Waals surface area contributed by atoms with Crippen molar-refractivity contribution in [3.63, 3.8) is 0 Å². The largest absolute Gasteiger partial charge is 0.310 e. The first kappa shape index (κ1) is 18.8. The first-order valence-electron chi connectivity index (χ1n) is 9.91. The van der Waals surface area contributed by atoms with E-state index in [1.807, 2.05) is 12.1 Å². The van der Waals surface area contributed by atoms with Gasteiger partial charge in [-0.15, -0.1) is 10.2 Å². The van der Waals surface area contributed by atoms with Crippen LogP contribution in [0.3, 0.4) is 0 Å². The molecule has 0 radical (unpaired) electrons. The Hall–Kier alpha value is -3.16. The smallest absolute Gasteiger partial charge is 0.166 e. The maximum Gasteiger partial charge on any atom is 0.166 e. The molecule has 3 aromatic rings. The van der Waals surface area contributed by atoms with E-state index in [0.29, 0.717) is 22.8 Å². The second-order valence-electron chi connectivity index (χ2n) is 7.52. The zero-order valence-corrected chi connectivity index (χ0v) is 16.5. The zero-order chi connectivity index (χ0) is 20.7. The van der Waals surface area contributed by atoms with Gasteiger partial charge in [-0.3, -0.25) is 0 Å². The predicted molar refractivity (Wildman–Crippen MR) is 113 cm³/mol. The average Bonchev–Trinajstić information content (AvgIpc) is 3.51. The second-order valence-corrected chi connectivity index (χ2v) is 7.52. The molecule has 0 saturated carbocycles. The predicted octanol–water partition coefficient (Wildman–Crippen LogP) is 3.40. The van der Waals surface area contributed by atoms with Crippen molar-refractivity contribution in [3.8, 4) is 22.8 Å². The van der Waals surface area contributed by atoms with Gasteiger partial charge in [-0.2, -0.15) is 0 Å². The Morgan fingerprint density at radius 3 is 1.60 bits per heavy atom. The molecule has 2 aromatic carbocycles. The fraction of sp³-hybridized carbons (Fsp3) is 0.217. The van der Waals surface area contributed by atoms with Gasteiger partial charge in [-0.05, 0) is 46.5 Å². The summed E-state index contributed by atoms with van der Waals surface area (Å²) in [7, 11) is 1.72. The lowest BCUT2D eigenvalue weighted by atomic mass is 10.0. The molecular formula is C23H21F2N5. The van der Waals surface area contributed by atoms with Crippen LogP contribution in [0.25, 0.3) is 33.9 Å². The minimum Gasteiger partial charge on any atom is -0.310 e. The van der Waals surface area contributed by atoms with Gasteiger partial charge in [0.1, 0.15) is 11.6 Å². The SMILES string of the molecule is Cn1c(-c2ccc(C3=CCNC3)cc2F)nnc1-c1ccc(C2=CCNC2)cc1F. The molecule has 30 heavy (non-hydrogen) atoms. The van der Waals surface area contributed by atoms with E-state index in [1.54, 1.807) is 23.7 Å². The van der Waals surface area contributed by atoms with E-state index in [9.17, 15) is 8.78 Å². The molecule has 152 valence electrons. The number of halogens is 2. The van der Waals surface area contributed by atoms with Crippen molar-refractivity contribution in [2.45, 2.75) is 0 Å². The first-order valence-corrected chi connectivity index (χ1v) is 9.91. The van der Waals surface area contributed by atoms with Gasteiger partial charge in [0.15, 0.2) is 11.6 Å². The van der Waals surface area contributed by atoms with Crippen molar-refractivity contribution < 1.29 is 8.78 Å². The number of rotatable bonds is 4. The molecule has 0 amide bonds. The van der Waals surface area contributed by atoms with Gasteiger partial charge in [0.2, 0.25) is 0 Å². The summed E-state index contributed by atoms with van der Waals surface area (Å²) in [6, 6.07) is 10.2. The highest BCUT2D eigenvalue weighted by Gasteiger charge is 2.20. The molecular weight excluding hydrogens is 384 g/mol. The molecule has 3 heterocycles. The lowest BCUT2D eigenvalue weighted by Gasteiger charge is -2.09. The maximum atomic E-state index is 14.9. The molecule has 0 fully saturated rings. The van der Waals surface area contributed by atoms with Crippen LogP contribution in [0.2, 0.25) is 0 Å². The topological polar surface area (TPSA) is 54.8 Å². The Morgan fingerprint density at radius 1 is 0.767 bits per heavy atom. The molecule has 7 heteroatoms. The summed E-state index contributed by atoms with van der Waals surface area (Å²) in [6.07, 6.45) is 4.11. The number of aromatic nitrogens is 3. The van der Waals surface area contributed by atoms with Crippen molar-refractivity contribution in [1.82, 2.24) is 25.4 Å². The first-order chi connectivity index (χ1) is 14.6. The molecule has 0 bridgehead atoms. The van der Waals surface area contributed by atoms with Crippen LogP contribution in [-0.2, 0) is 7.05 Å². The van der Waals surface area contributed by atoms with Crippen LogP contribution >= 0.6 is 0 Å². The average molecular weight is 405 g/mol. The van der Waals surface area contributed by atoms with Crippen LogP contribution in [0.1, 0.15) is 11.1 Å². The van der Waals surface area contributed by atoms with Crippen LogP contribution in [0.5, 0.6) is 0 Å². The van der Waals surface area contributed by atoms with E-state index in [0.717, 1.165) is 48.5 Å². The fourth-order valence-electron chi connectivity index (χ4n) is 3.98. The highest BCUT2D eigenvalue weighted by molar-refractivity contribution is 5.73. The number of benzene rings is 2. The number of nitrogens with zero attached hydrogens (tertiary/aromatic N) is 3.